The van der Waals surface area contributed by atoms with E-state index in [1.54, 1.807) is 6.20 Å². The van der Waals surface area contributed by atoms with Crippen LogP contribution in [0.25, 0.3) is 11.1 Å². The van der Waals surface area contributed by atoms with Crippen LogP contribution >= 0.6 is 0 Å². The first-order valence-electron chi connectivity index (χ1n) is 10.7. The van der Waals surface area contributed by atoms with Gasteiger partial charge in [0.25, 0.3) is 0 Å². The summed E-state index contributed by atoms with van der Waals surface area (Å²) in [5.74, 6) is 0.128. The predicted molar refractivity (Wildman–Crippen MR) is 122 cm³/mol. The van der Waals surface area contributed by atoms with Crippen molar-refractivity contribution in [3.05, 3.63) is 114 Å². The number of hydrogen-bond donors (Lipinski definition) is 1. The molecule has 0 bridgehead atoms. The molecule has 3 aromatic carbocycles. The zero-order chi connectivity index (χ0) is 21.1. The van der Waals surface area contributed by atoms with Crippen LogP contribution in [0.1, 0.15) is 29.5 Å². The van der Waals surface area contributed by atoms with E-state index in [0.717, 1.165) is 41.6 Å². The third-order valence-corrected chi connectivity index (χ3v) is 6.14. The van der Waals surface area contributed by atoms with E-state index in [2.05, 4.69) is 58.9 Å². The molecule has 4 heteroatoms. The fourth-order valence-electron chi connectivity index (χ4n) is 4.20. The number of nitrogens with one attached hydrogen (secondary N) is 1. The molecule has 5 rings (SSSR count). The van der Waals surface area contributed by atoms with Crippen LogP contribution in [0.15, 0.2) is 97.3 Å². The van der Waals surface area contributed by atoms with Gasteiger partial charge in [-0.3, -0.25) is 9.48 Å². The molecule has 1 heterocycles. The van der Waals surface area contributed by atoms with Gasteiger partial charge < -0.3 is 5.32 Å². The molecule has 0 atom stereocenters. The molecule has 0 radical (unpaired) electrons. The van der Waals surface area contributed by atoms with Crippen molar-refractivity contribution in [2.24, 2.45) is 0 Å². The lowest BCUT2D eigenvalue weighted by molar-refractivity contribution is -0.123. The van der Waals surface area contributed by atoms with E-state index in [4.69, 9.17) is 0 Å². The molecule has 1 saturated carbocycles. The highest BCUT2D eigenvalue weighted by atomic mass is 16.2. The molecule has 1 aliphatic rings. The Balaban J connectivity index is 1.30. The normalized spacial score (nSPS) is 14.2. The van der Waals surface area contributed by atoms with E-state index in [1.807, 2.05) is 47.3 Å². The summed E-state index contributed by atoms with van der Waals surface area (Å²) >= 11 is 0. The first-order chi connectivity index (χ1) is 15.2. The Morgan fingerprint density at radius 2 is 1.65 bits per heavy atom. The van der Waals surface area contributed by atoms with Crippen molar-refractivity contribution in [3.63, 3.8) is 0 Å². The lowest BCUT2D eigenvalue weighted by Gasteiger charge is -2.17. The molecule has 1 aliphatic carbocycles. The topological polar surface area (TPSA) is 46.9 Å². The quantitative estimate of drug-likeness (QED) is 0.471. The Hall–Kier alpha value is -3.66. The van der Waals surface area contributed by atoms with E-state index in [1.165, 1.54) is 5.56 Å². The number of benzene rings is 3. The van der Waals surface area contributed by atoms with Crippen LogP contribution in [-0.2, 0) is 23.3 Å². The van der Waals surface area contributed by atoms with Crippen LogP contribution in [0.4, 0.5) is 0 Å². The second kappa shape index (κ2) is 8.23. The van der Waals surface area contributed by atoms with Gasteiger partial charge in [0, 0.05) is 18.9 Å². The second-order valence-electron chi connectivity index (χ2n) is 8.19. The number of carbonyl (C=O) groups is 1. The van der Waals surface area contributed by atoms with E-state index in [9.17, 15) is 4.79 Å². The summed E-state index contributed by atoms with van der Waals surface area (Å²) in [6, 6.07) is 28.9. The van der Waals surface area contributed by atoms with E-state index in [0.29, 0.717) is 6.54 Å². The van der Waals surface area contributed by atoms with E-state index >= 15 is 0 Å². The van der Waals surface area contributed by atoms with Gasteiger partial charge in [-0.15, -0.1) is 0 Å². The highest BCUT2D eigenvalue weighted by Crippen LogP contribution is 2.48. The fraction of sp³-hybridized carbons (Fsp3) is 0.185. The lowest BCUT2D eigenvalue weighted by Crippen LogP contribution is -2.34. The molecule has 4 nitrogen and oxygen atoms in total. The third kappa shape index (κ3) is 4.02. The molecule has 0 aliphatic heterocycles. The zero-order valence-corrected chi connectivity index (χ0v) is 17.4. The molecule has 1 amide bonds. The Morgan fingerprint density at radius 1 is 0.903 bits per heavy atom. The lowest BCUT2D eigenvalue weighted by atomic mass is 9.94. The van der Waals surface area contributed by atoms with Crippen molar-refractivity contribution in [3.8, 4) is 11.1 Å². The highest BCUT2D eigenvalue weighted by Gasteiger charge is 2.50. The van der Waals surface area contributed by atoms with Gasteiger partial charge in [-0.05, 0) is 46.7 Å². The van der Waals surface area contributed by atoms with Crippen LogP contribution in [-0.4, -0.2) is 15.7 Å². The van der Waals surface area contributed by atoms with Gasteiger partial charge in [0.05, 0.1) is 12.0 Å². The molecule has 0 spiro atoms. The SMILES string of the molecule is O=C(NCc1ccccc1-c1ccc(Cn2cccn2)cc1)C1(c2ccccc2)CC1. The maximum atomic E-state index is 13.0. The van der Waals surface area contributed by atoms with Crippen molar-refractivity contribution in [1.82, 2.24) is 15.1 Å². The fourth-order valence-corrected chi connectivity index (χ4v) is 4.20. The molecule has 0 saturated heterocycles. The summed E-state index contributed by atoms with van der Waals surface area (Å²) in [5, 5.41) is 7.47. The van der Waals surface area contributed by atoms with Crippen molar-refractivity contribution in [2.75, 3.05) is 0 Å². The van der Waals surface area contributed by atoms with Gasteiger partial charge >= 0.3 is 0 Å². The first kappa shape index (κ1) is 19.3. The predicted octanol–water partition coefficient (Wildman–Crippen LogP) is 4.95. The number of carbonyl (C=O) groups excluding carboxylic acids is 1. The Bertz CT molecular complexity index is 1160. The van der Waals surface area contributed by atoms with E-state index < -0.39 is 0 Å². The van der Waals surface area contributed by atoms with Crippen molar-refractivity contribution in [1.29, 1.82) is 0 Å². The van der Waals surface area contributed by atoms with E-state index in [-0.39, 0.29) is 11.3 Å². The number of rotatable bonds is 7. The Labute approximate surface area is 182 Å². The minimum Gasteiger partial charge on any atom is -0.351 e. The molecule has 154 valence electrons. The summed E-state index contributed by atoms with van der Waals surface area (Å²) in [7, 11) is 0. The summed E-state index contributed by atoms with van der Waals surface area (Å²) in [6.07, 6.45) is 5.60. The smallest absolute Gasteiger partial charge is 0.230 e. The summed E-state index contributed by atoms with van der Waals surface area (Å²) in [4.78, 5) is 13.0. The van der Waals surface area contributed by atoms with Crippen LogP contribution < -0.4 is 5.32 Å². The second-order valence-corrected chi connectivity index (χ2v) is 8.19. The largest absolute Gasteiger partial charge is 0.351 e. The van der Waals surface area contributed by atoms with Crippen LogP contribution in [0.2, 0.25) is 0 Å². The first-order valence-corrected chi connectivity index (χ1v) is 10.7. The van der Waals surface area contributed by atoms with Gasteiger partial charge in [-0.25, -0.2) is 0 Å². The molecule has 1 aromatic heterocycles. The minimum absolute atomic E-state index is 0.128. The minimum atomic E-state index is -0.343. The van der Waals surface area contributed by atoms with Gasteiger partial charge in [0.1, 0.15) is 0 Å². The van der Waals surface area contributed by atoms with Crippen molar-refractivity contribution in [2.45, 2.75) is 31.3 Å². The molecule has 31 heavy (non-hydrogen) atoms. The van der Waals surface area contributed by atoms with Crippen LogP contribution in [0.3, 0.4) is 0 Å². The van der Waals surface area contributed by atoms with Gasteiger partial charge in [-0.1, -0.05) is 78.9 Å². The van der Waals surface area contributed by atoms with Crippen molar-refractivity contribution < 1.29 is 4.79 Å². The number of amides is 1. The van der Waals surface area contributed by atoms with Gasteiger partial charge in [-0.2, -0.15) is 5.10 Å². The maximum Gasteiger partial charge on any atom is 0.230 e. The monoisotopic (exact) mass is 407 g/mol. The molecular formula is C27H25N3O. The van der Waals surface area contributed by atoms with Crippen LogP contribution in [0.5, 0.6) is 0 Å². The zero-order valence-electron chi connectivity index (χ0n) is 17.4. The molecule has 1 N–H and O–H groups in total. The average Bonchev–Trinajstić information content (AvgIpc) is 3.49. The number of hydrogen-bond acceptors (Lipinski definition) is 2. The molecule has 4 aromatic rings. The summed E-state index contributed by atoms with van der Waals surface area (Å²) in [5.41, 5.74) is 5.41. The maximum absolute atomic E-state index is 13.0. The molecular weight excluding hydrogens is 382 g/mol. The highest BCUT2D eigenvalue weighted by molar-refractivity contribution is 5.91. The Kier molecular flexibility index (Phi) is 5.13. The molecule has 1 fully saturated rings. The van der Waals surface area contributed by atoms with Crippen LogP contribution in [0, 0.1) is 0 Å². The van der Waals surface area contributed by atoms with Gasteiger partial charge in [0.2, 0.25) is 5.91 Å². The average molecular weight is 408 g/mol. The number of aromatic nitrogens is 2. The third-order valence-electron chi connectivity index (χ3n) is 6.14. The standard InChI is InChI=1S/C27H25N3O/c31-26(27(15-16-27)24-8-2-1-3-9-24)28-19-23-7-4-5-10-25(23)22-13-11-21(12-14-22)20-30-18-6-17-29-30/h1-14,17-18H,15-16,19-20H2,(H,28,31). The van der Waals surface area contributed by atoms with Gasteiger partial charge in [0.15, 0.2) is 0 Å². The summed E-state index contributed by atoms with van der Waals surface area (Å²) < 4.78 is 1.92. The summed E-state index contributed by atoms with van der Waals surface area (Å²) in [6.45, 7) is 1.28. The number of nitrogens with zero attached hydrogens (tertiary/aromatic N) is 2. The van der Waals surface area contributed by atoms with Crippen molar-refractivity contribution >= 4 is 5.91 Å². The molecule has 0 unspecified atom stereocenters. The Morgan fingerprint density at radius 3 is 2.35 bits per heavy atom.